The van der Waals surface area contributed by atoms with Crippen molar-refractivity contribution in [3.05, 3.63) is 53.6 Å². The molecule has 0 bridgehead atoms. The lowest BCUT2D eigenvalue weighted by Gasteiger charge is -2.05. The van der Waals surface area contributed by atoms with Crippen LogP contribution in [0.2, 0.25) is 0 Å². The number of oxime groups is 1. The van der Waals surface area contributed by atoms with Crippen molar-refractivity contribution in [3.8, 4) is 11.6 Å². The number of aromatic nitrogens is 1. The second-order valence-corrected chi connectivity index (χ2v) is 6.40. The van der Waals surface area contributed by atoms with Gasteiger partial charge in [-0.1, -0.05) is 35.5 Å². The van der Waals surface area contributed by atoms with Gasteiger partial charge in [-0.25, -0.2) is 4.99 Å². The normalized spacial score (nSPS) is 19.2. The van der Waals surface area contributed by atoms with Crippen molar-refractivity contribution in [2.75, 3.05) is 20.3 Å². The highest BCUT2D eigenvalue weighted by atomic mass is 16.7. The summed E-state index contributed by atoms with van der Waals surface area (Å²) in [5.41, 5.74) is 4.08. The van der Waals surface area contributed by atoms with Crippen LogP contribution in [-0.2, 0) is 9.57 Å². The first-order chi connectivity index (χ1) is 13.3. The number of aromatic amines is 1. The first-order valence-electron chi connectivity index (χ1n) is 8.64. The van der Waals surface area contributed by atoms with Gasteiger partial charge in [0.05, 0.1) is 30.5 Å². The standard InChI is InChI=1S/C20H17N3O4/c1-25-15-8-4-6-13-16(20(24)22-17(13)15)19-18(23-27-10-11-9-26-11)12-5-2-3-7-14(12)21-19/h2-8,11,22,24H,9-10H2,1H3/b23-18+. The fourth-order valence-corrected chi connectivity index (χ4v) is 3.27. The number of hydrogen-bond donors (Lipinski definition) is 2. The number of benzene rings is 2. The molecule has 0 radical (unpaired) electrons. The zero-order valence-corrected chi connectivity index (χ0v) is 14.6. The van der Waals surface area contributed by atoms with Crippen LogP contribution in [0.25, 0.3) is 10.9 Å². The zero-order chi connectivity index (χ0) is 18.4. The minimum absolute atomic E-state index is 0.0132. The van der Waals surface area contributed by atoms with Crippen molar-refractivity contribution < 1.29 is 19.4 Å². The summed E-state index contributed by atoms with van der Waals surface area (Å²) in [6.45, 7) is 1.10. The van der Waals surface area contributed by atoms with Gasteiger partial charge in [-0.3, -0.25) is 0 Å². The van der Waals surface area contributed by atoms with E-state index in [-0.39, 0.29) is 12.0 Å². The van der Waals surface area contributed by atoms with Gasteiger partial charge in [0.25, 0.3) is 0 Å². The molecule has 7 nitrogen and oxygen atoms in total. The van der Waals surface area contributed by atoms with Crippen molar-refractivity contribution >= 4 is 28.0 Å². The highest BCUT2D eigenvalue weighted by Crippen LogP contribution is 2.38. The molecular weight excluding hydrogens is 346 g/mol. The van der Waals surface area contributed by atoms with E-state index in [1.807, 2.05) is 42.5 Å². The molecule has 1 saturated heterocycles. The minimum Gasteiger partial charge on any atom is -0.495 e. The maximum Gasteiger partial charge on any atom is 0.199 e. The number of hydrogen-bond acceptors (Lipinski definition) is 6. The molecule has 5 rings (SSSR count). The van der Waals surface area contributed by atoms with Crippen LogP contribution in [-0.4, -0.2) is 47.9 Å². The number of rotatable bonds is 5. The third-order valence-electron chi connectivity index (χ3n) is 4.67. The van der Waals surface area contributed by atoms with Gasteiger partial charge in [0.1, 0.15) is 29.9 Å². The molecule has 7 heteroatoms. The summed E-state index contributed by atoms with van der Waals surface area (Å²) in [7, 11) is 1.59. The highest BCUT2D eigenvalue weighted by molar-refractivity contribution is 6.58. The highest BCUT2D eigenvalue weighted by Gasteiger charge is 2.30. The molecule has 2 aromatic carbocycles. The summed E-state index contributed by atoms with van der Waals surface area (Å²) in [4.78, 5) is 13.2. The molecule has 1 aromatic heterocycles. The number of methoxy groups -OCH3 is 1. The molecule has 3 aromatic rings. The number of H-pyrrole nitrogens is 1. The van der Waals surface area contributed by atoms with Crippen LogP contribution in [0.5, 0.6) is 11.6 Å². The fourth-order valence-electron chi connectivity index (χ4n) is 3.27. The van der Waals surface area contributed by atoms with Gasteiger partial charge in [0.15, 0.2) is 5.88 Å². The lowest BCUT2D eigenvalue weighted by Crippen LogP contribution is -2.14. The summed E-state index contributed by atoms with van der Waals surface area (Å²) in [6, 6.07) is 13.3. The fraction of sp³-hybridized carbons (Fsp3) is 0.200. The minimum atomic E-state index is 0.0132. The Balaban J connectivity index is 1.65. The average molecular weight is 363 g/mol. The molecule has 2 aliphatic rings. The van der Waals surface area contributed by atoms with Crippen LogP contribution in [0.3, 0.4) is 0 Å². The number of fused-ring (bicyclic) bond motifs is 2. The summed E-state index contributed by atoms with van der Waals surface area (Å²) in [5.74, 6) is 0.657. The van der Waals surface area contributed by atoms with Gasteiger partial charge in [-0.2, -0.15) is 0 Å². The number of epoxide rings is 1. The van der Waals surface area contributed by atoms with Crippen LogP contribution in [0.15, 0.2) is 52.6 Å². The van der Waals surface area contributed by atoms with Gasteiger partial charge in [-0.15, -0.1) is 0 Å². The average Bonchev–Trinajstić information content (AvgIpc) is 3.35. The SMILES string of the molecule is COc1cccc2c(C3=Nc4ccccc4/C3=N\OCC3CO3)c(O)[nH]c12. The Hall–Kier alpha value is -3.32. The molecular formula is C20H17N3O4. The Morgan fingerprint density at radius 1 is 1.26 bits per heavy atom. The molecule has 0 spiro atoms. The van der Waals surface area contributed by atoms with Crippen LogP contribution < -0.4 is 4.74 Å². The number of aliphatic imine (C=N–C) groups is 1. The van der Waals surface area contributed by atoms with E-state index in [1.165, 1.54) is 0 Å². The molecule has 1 fully saturated rings. The number of aromatic hydroxyl groups is 1. The molecule has 3 heterocycles. The van der Waals surface area contributed by atoms with E-state index in [0.29, 0.717) is 41.5 Å². The predicted octanol–water partition coefficient (Wildman–Crippen LogP) is 3.14. The van der Waals surface area contributed by atoms with Crippen LogP contribution in [0.4, 0.5) is 5.69 Å². The van der Waals surface area contributed by atoms with Crippen LogP contribution in [0.1, 0.15) is 11.1 Å². The van der Waals surface area contributed by atoms with Crippen LogP contribution in [0, 0.1) is 0 Å². The molecule has 27 heavy (non-hydrogen) atoms. The second kappa shape index (κ2) is 6.14. The molecule has 2 aliphatic heterocycles. The molecule has 1 unspecified atom stereocenters. The van der Waals surface area contributed by atoms with E-state index in [0.717, 1.165) is 16.6 Å². The Morgan fingerprint density at radius 2 is 2.11 bits per heavy atom. The lowest BCUT2D eigenvalue weighted by molar-refractivity contribution is 0.125. The zero-order valence-electron chi connectivity index (χ0n) is 14.6. The van der Waals surface area contributed by atoms with Crippen molar-refractivity contribution in [2.24, 2.45) is 10.1 Å². The summed E-state index contributed by atoms with van der Waals surface area (Å²) >= 11 is 0. The monoisotopic (exact) mass is 363 g/mol. The lowest BCUT2D eigenvalue weighted by atomic mass is 10.0. The Kier molecular flexibility index (Phi) is 3.61. The maximum absolute atomic E-state index is 10.6. The number of ether oxygens (including phenoxy) is 2. The Bertz CT molecular complexity index is 1100. The third-order valence-corrected chi connectivity index (χ3v) is 4.67. The van der Waals surface area contributed by atoms with E-state index >= 15 is 0 Å². The Morgan fingerprint density at radius 3 is 2.93 bits per heavy atom. The second-order valence-electron chi connectivity index (χ2n) is 6.40. The number of para-hydroxylation sites is 2. The van der Waals surface area contributed by atoms with E-state index in [1.54, 1.807) is 7.11 Å². The molecule has 0 amide bonds. The number of nitrogens with one attached hydrogen (secondary N) is 1. The van der Waals surface area contributed by atoms with E-state index in [4.69, 9.17) is 19.3 Å². The summed E-state index contributed by atoms with van der Waals surface area (Å²) < 4.78 is 10.6. The van der Waals surface area contributed by atoms with E-state index < -0.39 is 0 Å². The molecule has 0 aliphatic carbocycles. The summed E-state index contributed by atoms with van der Waals surface area (Å²) in [5, 5.41) is 15.8. The molecule has 2 N–H and O–H groups in total. The molecule has 1 atom stereocenters. The van der Waals surface area contributed by atoms with Gasteiger partial charge in [0, 0.05) is 10.9 Å². The van der Waals surface area contributed by atoms with Crippen molar-refractivity contribution in [2.45, 2.75) is 6.10 Å². The molecule has 136 valence electrons. The number of nitrogens with zero attached hydrogens (tertiary/aromatic N) is 2. The third kappa shape index (κ3) is 2.63. The van der Waals surface area contributed by atoms with E-state index in [2.05, 4.69) is 10.1 Å². The smallest absolute Gasteiger partial charge is 0.199 e. The van der Waals surface area contributed by atoms with Gasteiger partial charge in [-0.05, 0) is 12.1 Å². The van der Waals surface area contributed by atoms with Gasteiger partial charge < -0.3 is 24.4 Å². The van der Waals surface area contributed by atoms with Gasteiger partial charge in [0.2, 0.25) is 0 Å². The first kappa shape index (κ1) is 15.9. The topological polar surface area (TPSA) is 91.7 Å². The maximum atomic E-state index is 10.6. The van der Waals surface area contributed by atoms with Gasteiger partial charge >= 0.3 is 0 Å². The van der Waals surface area contributed by atoms with Crippen molar-refractivity contribution in [3.63, 3.8) is 0 Å². The summed E-state index contributed by atoms with van der Waals surface area (Å²) in [6.07, 6.45) is 0.108. The van der Waals surface area contributed by atoms with Crippen molar-refractivity contribution in [1.82, 2.24) is 4.98 Å². The van der Waals surface area contributed by atoms with E-state index in [9.17, 15) is 5.11 Å². The Labute approximate surface area is 154 Å². The van der Waals surface area contributed by atoms with Crippen molar-refractivity contribution in [1.29, 1.82) is 0 Å². The largest absolute Gasteiger partial charge is 0.495 e. The quantitative estimate of drug-likeness (QED) is 0.538. The molecule has 0 saturated carbocycles. The van der Waals surface area contributed by atoms with Crippen LogP contribution >= 0.6 is 0 Å². The predicted molar refractivity (Wildman–Crippen MR) is 101 cm³/mol. The first-order valence-corrected chi connectivity index (χ1v) is 8.64.